The van der Waals surface area contributed by atoms with E-state index >= 15 is 0 Å². The summed E-state index contributed by atoms with van der Waals surface area (Å²) >= 11 is 0. The van der Waals surface area contributed by atoms with Crippen molar-refractivity contribution in [2.24, 2.45) is 16.7 Å². The number of rotatable bonds is 4. The van der Waals surface area contributed by atoms with Crippen molar-refractivity contribution in [1.29, 1.82) is 0 Å². The SMILES string of the molecule is Cc1ccc(C(=O)N[C@@H]2C3(C)CC[C@@H](C3)C2(C)C)cc1S(=O)(=O)N1CC(C)OC(C)C1. The molecule has 1 heterocycles. The summed E-state index contributed by atoms with van der Waals surface area (Å²) < 4.78 is 34.0. The molecule has 6 nitrogen and oxygen atoms in total. The van der Waals surface area contributed by atoms with E-state index in [1.807, 2.05) is 13.8 Å². The number of amides is 1. The van der Waals surface area contributed by atoms with Gasteiger partial charge in [0, 0.05) is 24.7 Å². The van der Waals surface area contributed by atoms with Crippen molar-refractivity contribution >= 4 is 15.9 Å². The van der Waals surface area contributed by atoms with Crippen LogP contribution in [0.5, 0.6) is 0 Å². The molecule has 0 radical (unpaired) electrons. The number of hydrogen-bond donors (Lipinski definition) is 1. The molecule has 0 aromatic heterocycles. The van der Waals surface area contributed by atoms with Gasteiger partial charge in [-0.1, -0.05) is 26.8 Å². The minimum absolute atomic E-state index is 0.0440. The molecule has 1 aromatic carbocycles. The van der Waals surface area contributed by atoms with E-state index in [9.17, 15) is 13.2 Å². The third kappa shape index (κ3) is 3.83. The van der Waals surface area contributed by atoms with Crippen molar-refractivity contribution in [2.45, 2.75) is 84.0 Å². The first-order chi connectivity index (χ1) is 14.3. The number of morpholine rings is 1. The van der Waals surface area contributed by atoms with Crippen molar-refractivity contribution < 1.29 is 17.9 Å². The molecule has 4 rings (SSSR count). The van der Waals surface area contributed by atoms with Crippen LogP contribution in [-0.2, 0) is 14.8 Å². The Bertz CT molecular complexity index is 975. The van der Waals surface area contributed by atoms with Crippen molar-refractivity contribution in [3.63, 3.8) is 0 Å². The van der Waals surface area contributed by atoms with Crippen LogP contribution in [0.2, 0.25) is 0 Å². The number of benzene rings is 1. The van der Waals surface area contributed by atoms with Gasteiger partial charge in [-0.2, -0.15) is 4.31 Å². The van der Waals surface area contributed by atoms with E-state index in [2.05, 4.69) is 26.1 Å². The highest BCUT2D eigenvalue weighted by Crippen LogP contribution is 2.62. The van der Waals surface area contributed by atoms with Gasteiger partial charge in [-0.25, -0.2) is 8.42 Å². The Labute approximate surface area is 186 Å². The van der Waals surface area contributed by atoms with E-state index in [4.69, 9.17) is 4.74 Å². The van der Waals surface area contributed by atoms with Crippen molar-refractivity contribution in [3.05, 3.63) is 29.3 Å². The number of nitrogens with one attached hydrogen (secondary N) is 1. The molecule has 1 amide bonds. The van der Waals surface area contributed by atoms with Crippen LogP contribution >= 0.6 is 0 Å². The fraction of sp³-hybridized carbons (Fsp3) is 0.708. The standard InChI is InChI=1S/C24H36N2O4S/c1-15-7-8-18(11-20(15)31(28,29)26-13-16(2)30-17(3)14-26)21(27)25-22-23(4,5)19-9-10-24(22,6)12-19/h7-8,11,16-17,19,22H,9-10,12-14H2,1-6H3,(H,25,27)/t16?,17?,19-,22-,24?/m0/s1. The van der Waals surface area contributed by atoms with E-state index in [0.29, 0.717) is 30.1 Å². The fourth-order valence-electron chi connectivity index (χ4n) is 6.36. The molecule has 2 bridgehead atoms. The zero-order valence-electron chi connectivity index (χ0n) is 19.6. The summed E-state index contributed by atoms with van der Waals surface area (Å²) in [7, 11) is -3.71. The Morgan fingerprint density at radius 1 is 1.16 bits per heavy atom. The molecule has 2 aliphatic carbocycles. The molecule has 5 atom stereocenters. The lowest BCUT2D eigenvalue weighted by Gasteiger charge is -2.43. The topological polar surface area (TPSA) is 75.7 Å². The van der Waals surface area contributed by atoms with Crippen molar-refractivity contribution in [1.82, 2.24) is 9.62 Å². The van der Waals surface area contributed by atoms with Gasteiger partial charge in [-0.05, 0) is 74.5 Å². The van der Waals surface area contributed by atoms with Crippen LogP contribution in [0.1, 0.15) is 69.8 Å². The molecule has 3 aliphatic rings. The van der Waals surface area contributed by atoms with E-state index in [1.165, 1.54) is 10.7 Å². The number of carbonyl (C=O) groups is 1. The van der Waals surface area contributed by atoms with Gasteiger partial charge in [0.2, 0.25) is 10.0 Å². The van der Waals surface area contributed by atoms with Gasteiger partial charge in [0.25, 0.3) is 5.91 Å². The summed E-state index contributed by atoms with van der Waals surface area (Å²) in [5.41, 5.74) is 1.21. The van der Waals surface area contributed by atoms with Crippen molar-refractivity contribution in [2.75, 3.05) is 13.1 Å². The van der Waals surface area contributed by atoms with Crippen LogP contribution < -0.4 is 5.32 Å². The summed E-state index contributed by atoms with van der Waals surface area (Å²) in [6.45, 7) is 13.0. The van der Waals surface area contributed by atoms with Crippen LogP contribution in [0.3, 0.4) is 0 Å². The molecule has 31 heavy (non-hydrogen) atoms. The number of sulfonamides is 1. The number of carbonyl (C=O) groups excluding carboxylic acids is 1. The van der Waals surface area contributed by atoms with Crippen LogP contribution in [0.15, 0.2) is 23.1 Å². The highest BCUT2D eigenvalue weighted by atomic mass is 32.2. The highest BCUT2D eigenvalue weighted by Gasteiger charge is 2.59. The third-order valence-electron chi connectivity index (χ3n) is 8.00. The predicted molar refractivity (Wildman–Crippen MR) is 120 cm³/mol. The fourth-order valence-corrected chi connectivity index (χ4v) is 8.20. The number of fused-ring (bicyclic) bond motifs is 2. The van der Waals surface area contributed by atoms with E-state index in [1.54, 1.807) is 25.1 Å². The van der Waals surface area contributed by atoms with Gasteiger partial charge in [-0.15, -0.1) is 0 Å². The molecule has 1 N–H and O–H groups in total. The smallest absolute Gasteiger partial charge is 0.251 e. The predicted octanol–water partition coefficient (Wildman–Crippen LogP) is 3.74. The Balaban J connectivity index is 1.60. The van der Waals surface area contributed by atoms with Crippen LogP contribution in [0.25, 0.3) is 0 Å². The van der Waals surface area contributed by atoms with Crippen LogP contribution in [-0.4, -0.2) is 50.0 Å². The normalized spacial score (nSPS) is 35.3. The molecule has 1 aromatic rings. The summed E-state index contributed by atoms with van der Waals surface area (Å²) in [4.78, 5) is 13.4. The number of nitrogens with zero attached hydrogens (tertiary/aromatic N) is 1. The largest absolute Gasteiger partial charge is 0.373 e. The summed E-state index contributed by atoms with van der Waals surface area (Å²) in [5, 5.41) is 3.28. The Morgan fingerprint density at radius 2 is 1.81 bits per heavy atom. The lowest BCUT2D eigenvalue weighted by Crippen LogP contribution is -2.52. The molecule has 3 unspecified atom stereocenters. The Hall–Kier alpha value is -1.44. The lowest BCUT2D eigenvalue weighted by molar-refractivity contribution is -0.0441. The molecule has 0 spiro atoms. The third-order valence-corrected chi connectivity index (χ3v) is 9.97. The first-order valence-electron chi connectivity index (χ1n) is 11.4. The van der Waals surface area contributed by atoms with E-state index < -0.39 is 10.0 Å². The van der Waals surface area contributed by atoms with Gasteiger partial charge in [-0.3, -0.25) is 4.79 Å². The average Bonchev–Trinajstić information content (AvgIpc) is 3.15. The number of ether oxygens (including phenoxy) is 1. The van der Waals surface area contributed by atoms with Gasteiger partial charge in [0.15, 0.2) is 0 Å². The van der Waals surface area contributed by atoms with Gasteiger partial charge < -0.3 is 10.1 Å². The van der Waals surface area contributed by atoms with Crippen molar-refractivity contribution in [3.8, 4) is 0 Å². The minimum Gasteiger partial charge on any atom is -0.373 e. The minimum atomic E-state index is -3.71. The molecular formula is C24H36N2O4S. The number of aryl methyl sites for hydroxylation is 1. The monoisotopic (exact) mass is 448 g/mol. The molecule has 1 saturated heterocycles. The first kappa shape index (κ1) is 22.7. The van der Waals surface area contributed by atoms with Gasteiger partial charge >= 0.3 is 0 Å². The molecule has 3 fully saturated rings. The first-order valence-corrected chi connectivity index (χ1v) is 12.9. The lowest BCUT2D eigenvalue weighted by atomic mass is 9.68. The highest BCUT2D eigenvalue weighted by molar-refractivity contribution is 7.89. The summed E-state index contributed by atoms with van der Waals surface area (Å²) in [5.74, 6) is 0.439. The molecule has 172 valence electrons. The quantitative estimate of drug-likeness (QED) is 0.761. The Morgan fingerprint density at radius 3 is 2.39 bits per heavy atom. The zero-order valence-corrected chi connectivity index (χ0v) is 20.4. The maximum Gasteiger partial charge on any atom is 0.251 e. The van der Waals surface area contributed by atoms with Gasteiger partial charge in [0.05, 0.1) is 17.1 Å². The van der Waals surface area contributed by atoms with Crippen LogP contribution in [0.4, 0.5) is 0 Å². The molecular weight excluding hydrogens is 412 g/mol. The number of hydrogen-bond acceptors (Lipinski definition) is 4. The second-order valence-corrected chi connectivity index (χ2v) is 12.8. The van der Waals surface area contributed by atoms with E-state index in [-0.39, 0.29) is 39.9 Å². The van der Waals surface area contributed by atoms with Crippen LogP contribution in [0, 0.1) is 23.7 Å². The molecule has 7 heteroatoms. The molecule has 2 saturated carbocycles. The second-order valence-electron chi connectivity index (χ2n) is 10.9. The average molecular weight is 449 g/mol. The van der Waals surface area contributed by atoms with E-state index in [0.717, 1.165) is 12.8 Å². The Kier molecular flexibility index (Phi) is 5.55. The maximum atomic E-state index is 13.4. The molecule has 1 aliphatic heterocycles. The summed E-state index contributed by atoms with van der Waals surface area (Å²) in [6.07, 6.45) is 3.18. The maximum absolute atomic E-state index is 13.4. The van der Waals surface area contributed by atoms with Gasteiger partial charge in [0.1, 0.15) is 0 Å². The second kappa shape index (κ2) is 7.56. The summed E-state index contributed by atoms with van der Waals surface area (Å²) in [6, 6.07) is 5.11. The zero-order chi connectivity index (χ0) is 22.8.